The van der Waals surface area contributed by atoms with Crippen molar-refractivity contribution in [2.45, 2.75) is 38.3 Å². The van der Waals surface area contributed by atoms with Crippen LogP contribution in [0.25, 0.3) is 10.9 Å². The Morgan fingerprint density at radius 2 is 2.04 bits per heavy atom. The highest BCUT2D eigenvalue weighted by Gasteiger charge is 2.31. The molecular weight excluding hydrogens is 346 g/mol. The van der Waals surface area contributed by atoms with Crippen LogP contribution in [0.4, 0.5) is 5.69 Å². The molecule has 1 saturated carbocycles. The van der Waals surface area contributed by atoms with Crippen molar-refractivity contribution >= 4 is 22.6 Å². The van der Waals surface area contributed by atoms with E-state index in [2.05, 4.69) is 11.8 Å². The lowest BCUT2D eigenvalue weighted by atomic mass is 9.93. The summed E-state index contributed by atoms with van der Waals surface area (Å²) in [5, 5.41) is 9.81. The first-order valence-corrected chi connectivity index (χ1v) is 9.42. The smallest absolute Gasteiger partial charge is 0.341 e. The Morgan fingerprint density at radius 1 is 1.30 bits per heavy atom. The molecule has 1 aromatic carbocycles. The molecule has 2 atom stereocenters. The van der Waals surface area contributed by atoms with Crippen LogP contribution < -0.4 is 20.8 Å². The third kappa shape index (κ3) is 2.96. The van der Waals surface area contributed by atoms with Crippen LogP contribution in [0.3, 0.4) is 0 Å². The van der Waals surface area contributed by atoms with E-state index < -0.39 is 11.4 Å². The first-order valence-electron chi connectivity index (χ1n) is 9.42. The van der Waals surface area contributed by atoms with Crippen LogP contribution in [0.15, 0.2) is 23.1 Å². The largest absolute Gasteiger partial charge is 0.492 e. The highest BCUT2D eigenvalue weighted by Crippen LogP contribution is 2.42. The predicted octanol–water partition coefficient (Wildman–Crippen LogP) is 2.22. The zero-order valence-electron chi connectivity index (χ0n) is 15.6. The maximum Gasteiger partial charge on any atom is 0.341 e. The predicted molar refractivity (Wildman–Crippen MR) is 104 cm³/mol. The molecule has 1 aliphatic carbocycles. The van der Waals surface area contributed by atoms with E-state index in [1.54, 1.807) is 13.2 Å². The van der Waals surface area contributed by atoms with Gasteiger partial charge in [0.2, 0.25) is 5.43 Å². The van der Waals surface area contributed by atoms with E-state index in [1.165, 1.54) is 6.20 Å². The van der Waals surface area contributed by atoms with Crippen molar-refractivity contribution < 1.29 is 14.6 Å². The molecule has 3 N–H and O–H groups in total. The number of anilines is 1. The van der Waals surface area contributed by atoms with Gasteiger partial charge in [-0.3, -0.25) is 4.79 Å². The number of carboxylic acids is 1. The number of pyridine rings is 1. The molecule has 27 heavy (non-hydrogen) atoms. The summed E-state index contributed by atoms with van der Waals surface area (Å²) in [7, 11) is 1.59. The van der Waals surface area contributed by atoms with Gasteiger partial charge in [0, 0.05) is 31.4 Å². The molecule has 4 rings (SSSR count). The number of rotatable bonds is 4. The van der Waals surface area contributed by atoms with Crippen molar-refractivity contribution in [3.63, 3.8) is 0 Å². The van der Waals surface area contributed by atoms with Crippen molar-refractivity contribution in [1.29, 1.82) is 0 Å². The van der Waals surface area contributed by atoms with Crippen LogP contribution in [0.2, 0.25) is 0 Å². The van der Waals surface area contributed by atoms with Gasteiger partial charge in [0.15, 0.2) is 5.75 Å². The average molecular weight is 371 g/mol. The fourth-order valence-electron chi connectivity index (χ4n) is 3.97. The van der Waals surface area contributed by atoms with E-state index in [0.717, 1.165) is 38.0 Å². The van der Waals surface area contributed by atoms with E-state index in [-0.39, 0.29) is 17.6 Å². The number of fused-ring (bicyclic) bond motifs is 1. The molecule has 0 spiro atoms. The zero-order valence-corrected chi connectivity index (χ0v) is 15.6. The molecule has 144 valence electrons. The molecule has 0 amide bonds. The first kappa shape index (κ1) is 17.9. The Kier molecular flexibility index (Phi) is 4.34. The molecule has 1 saturated heterocycles. The second-order valence-electron chi connectivity index (χ2n) is 7.71. The van der Waals surface area contributed by atoms with Crippen molar-refractivity contribution in [2.24, 2.45) is 11.7 Å². The van der Waals surface area contributed by atoms with Crippen molar-refractivity contribution in [3.05, 3.63) is 34.1 Å². The second-order valence-corrected chi connectivity index (χ2v) is 7.71. The van der Waals surface area contributed by atoms with Crippen LogP contribution in [0, 0.1) is 5.92 Å². The van der Waals surface area contributed by atoms with Gasteiger partial charge in [-0.05, 0) is 37.3 Å². The monoisotopic (exact) mass is 371 g/mol. The molecular formula is C20H25N3O4. The summed E-state index contributed by atoms with van der Waals surface area (Å²) < 4.78 is 7.67. The van der Waals surface area contributed by atoms with Gasteiger partial charge in [0.1, 0.15) is 5.56 Å². The molecule has 0 bridgehead atoms. The Balaban J connectivity index is 1.93. The van der Waals surface area contributed by atoms with E-state index in [0.29, 0.717) is 22.6 Å². The molecule has 2 fully saturated rings. The molecule has 2 aliphatic rings. The topological polar surface area (TPSA) is 97.8 Å². The molecule has 1 aromatic heterocycles. The SMILES string of the molecule is COc1c(N2CC[C@@H](C)[C@H](N)C2)ccc2c(=O)c(C(=O)O)cn(C3CC3)c12. The highest BCUT2D eigenvalue weighted by atomic mass is 16.5. The number of benzene rings is 1. The summed E-state index contributed by atoms with van der Waals surface area (Å²) in [5.74, 6) is -0.110. The minimum atomic E-state index is -1.20. The van der Waals surface area contributed by atoms with E-state index in [1.807, 2.05) is 10.6 Å². The van der Waals surface area contributed by atoms with Crippen molar-refractivity contribution in [1.82, 2.24) is 4.57 Å². The molecule has 0 radical (unpaired) electrons. The summed E-state index contributed by atoms with van der Waals surface area (Å²) >= 11 is 0. The van der Waals surface area contributed by atoms with E-state index in [4.69, 9.17) is 10.5 Å². The lowest BCUT2D eigenvalue weighted by Crippen LogP contribution is -2.47. The third-order valence-electron chi connectivity index (χ3n) is 5.86. The first-order chi connectivity index (χ1) is 12.9. The zero-order chi connectivity index (χ0) is 19.3. The third-order valence-corrected chi connectivity index (χ3v) is 5.86. The number of aromatic carboxylic acids is 1. The number of hydrogen-bond donors (Lipinski definition) is 2. The number of carboxylic acid groups (broad SMARTS) is 1. The minimum absolute atomic E-state index is 0.0826. The highest BCUT2D eigenvalue weighted by molar-refractivity contribution is 5.97. The van der Waals surface area contributed by atoms with E-state index in [9.17, 15) is 14.7 Å². The second kappa shape index (κ2) is 6.56. The number of methoxy groups -OCH3 is 1. The standard InChI is InChI=1S/C20H25N3O4/c1-11-7-8-22(10-15(11)21)16-6-5-13-17(19(16)27-2)23(12-3-4-12)9-14(18(13)24)20(25)26/h5-6,9,11-12,15H,3-4,7-8,10,21H2,1-2H3,(H,25,26)/t11-,15-/m1/s1. The number of nitrogens with two attached hydrogens (primary N) is 1. The van der Waals surface area contributed by atoms with Gasteiger partial charge in [-0.2, -0.15) is 0 Å². The van der Waals surface area contributed by atoms with Gasteiger partial charge < -0.3 is 25.0 Å². The average Bonchev–Trinajstić information content (AvgIpc) is 3.48. The lowest BCUT2D eigenvalue weighted by molar-refractivity contribution is 0.0695. The van der Waals surface area contributed by atoms with Crippen molar-refractivity contribution in [3.8, 4) is 5.75 Å². The summed E-state index contributed by atoms with van der Waals surface area (Å²) in [5.41, 5.74) is 7.19. The fraction of sp³-hybridized carbons (Fsp3) is 0.500. The normalized spacial score (nSPS) is 22.9. The van der Waals surface area contributed by atoms with Crippen LogP contribution in [-0.2, 0) is 0 Å². The molecule has 2 heterocycles. The number of piperidine rings is 1. The molecule has 2 aromatic rings. The lowest BCUT2D eigenvalue weighted by Gasteiger charge is -2.37. The summed E-state index contributed by atoms with van der Waals surface area (Å²) in [6.45, 7) is 3.76. The summed E-state index contributed by atoms with van der Waals surface area (Å²) in [6, 6.07) is 3.87. The molecule has 7 heteroatoms. The van der Waals surface area contributed by atoms with Gasteiger partial charge >= 0.3 is 5.97 Å². The Bertz CT molecular complexity index is 964. The van der Waals surface area contributed by atoms with Gasteiger partial charge in [-0.1, -0.05) is 6.92 Å². The number of hydrogen-bond acceptors (Lipinski definition) is 5. The summed E-state index contributed by atoms with van der Waals surface area (Å²) in [4.78, 5) is 26.5. The van der Waals surface area contributed by atoms with Crippen LogP contribution >= 0.6 is 0 Å². The van der Waals surface area contributed by atoms with Crippen molar-refractivity contribution in [2.75, 3.05) is 25.1 Å². The minimum Gasteiger partial charge on any atom is -0.492 e. The van der Waals surface area contributed by atoms with Gasteiger partial charge in [0.05, 0.1) is 23.7 Å². The number of carbonyl (C=O) groups is 1. The Labute approximate surface area is 157 Å². The van der Waals surface area contributed by atoms with Gasteiger partial charge in [-0.25, -0.2) is 4.79 Å². The molecule has 0 unspecified atom stereocenters. The molecule has 7 nitrogen and oxygen atoms in total. The van der Waals surface area contributed by atoms with Crippen LogP contribution in [0.5, 0.6) is 5.75 Å². The number of aromatic nitrogens is 1. The molecule has 1 aliphatic heterocycles. The Hall–Kier alpha value is -2.54. The maximum absolute atomic E-state index is 12.7. The van der Waals surface area contributed by atoms with Crippen LogP contribution in [0.1, 0.15) is 42.6 Å². The number of nitrogens with zero attached hydrogens (tertiary/aromatic N) is 2. The maximum atomic E-state index is 12.7. The van der Waals surface area contributed by atoms with Crippen LogP contribution in [-0.4, -0.2) is 41.9 Å². The van der Waals surface area contributed by atoms with E-state index >= 15 is 0 Å². The van der Waals surface area contributed by atoms with Gasteiger partial charge in [0.25, 0.3) is 0 Å². The summed E-state index contributed by atoms with van der Waals surface area (Å²) in [6.07, 6.45) is 4.41. The quantitative estimate of drug-likeness (QED) is 0.855. The van der Waals surface area contributed by atoms with Gasteiger partial charge in [-0.15, -0.1) is 0 Å². The fourth-order valence-corrected chi connectivity index (χ4v) is 3.97. The Morgan fingerprint density at radius 3 is 2.63 bits per heavy atom. The number of ether oxygens (including phenoxy) is 1.